The number of aromatic nitrogens is 2. The lowest BCUT2D eigenvalue weighted by molar-refractivity contribution is 0.188. The first kappa shape index (κ1) is 14.1. The molecule has 21 heavy (non-hydrogen) atoms. The monoisotopic (exact) mass is 300 g/mol. The molecular formula is C17H17ClN2O. The standard InChI is InChI=1S/C17H17ClN2O/c1-21-11-10-20-16-5-3-2-4-15(16)19-17(20)14-8-6-13(12-18)7-9-14/h2-9H,10-12H2,1H3. The molecule has 0 fully saturated rings. The van der Waals surface area contributed by atoms with Gasteiger partial charge in [0.1, 0.15) is 5.82 Å². The van der Waals surface area contributed by atoms with Crippen molar-refractivity contribution < 1.29 is 4.74 Å². The number of ether oxygens (including phenoxy) is 1. The minimum Gasteiger partial charge on any atom is -0.383 e. The van der Waals surface area contributed by atoms with Crippen molar-refractivity contribution in [1.29, 1.82) is 0 Å². The Bertz CT molecular complexity index is 734. The predicted octanol–water partition coefficient (Wildman–Crippen LogP) is 4.09. The van der Waals surface area contributed by atoms with Gasteiger partial charge in [-0.2, -0.15) is 0 Å². The molecular weight excluding hydrogens is 284 g/mol. The molecule has 0 atom stereocenters. The molecule has 4 heteroatoms. The highest BCUT2D eigenvalue weighted by Gasteiger charge is 2.11. The normalized spacial score (nSPS) is 11.1. The fourth-order valence-electron chi connectivity index (χ4n) is 2.45. The third-order valence-corrected chi connectivity index (χ3v) is 3.85. The number of alkyl halides is 1. The minimum atomic E-state index is 0.528. The smallest absolute Gasteiger partial charge is 0.141 e. The lowest BCUT2D eigenvalue weighted by Gasteiger charge is -2.09. The second-order valence-corrected chi connectivity index (χ2v) is 5.17. The Kier molecular flexibility index (Phi) is 4.23. The molecule has 0 saturated heterocycles. The molecule has 0 aliphatic rings. The molecule has 0 spiro atoms. The SMILES string of the molecule is COCCn1c(-c2ccc(CCl)cc2)nc2ccccc21. The van der Waals surface area contributed by atoms with E-state index in [1.54, 1.807) is 7.11 Å². The summed E-state index contributed by atoms with van der Waals surface area (Å²) in [6.45, 7) is 1.44. The van der Waals surface area contributed by atoms with Crippen LogP contribution in [-0.4, -0.2) is 23.3 Å². The molecule has 0 bridgehead atoms. The molecule has 3 nitrogen and oxygen atoms in total. The van der Waals surface area contributed by atoms with E-state index in [9.17, 15) is 0 Å². The van der Waals surface area contributed by atoms with E-state index >= 15 is 0 Å². The zero-order chi connectivity index (χ0) is 14.7. The second-order valence-electron chi connectivity index (χ2n) is 4.90. The molecule has 0 N–H and O–H groups in total. The Morgan fingerprint density at radius 3 is 2.57 bits per heavy atom. The van der Waals surface area contributed by atoms with E-state index < -0.39 is 0 Å². The van der Waals surface area contributed by atoms with Gasteiger partial charge >= 0.3 is 0 Å². The third kappa shape index (κ3) is 2.80. The summed E-state index contributed by atoms with van der Waals surface area (Å²) in [5.74, 6) is 1.50. The summed E-state index contributed by atoms with van der Waals surface area (Å²) >= 11 is 5.85. The van der Waals surface area contributed by atoms with Crippen molar-refractivity contribution in [3.05, 3.63) is 54.1 Å². The van der Waals surface area contributed by atoms with Crippen molar-refractivity contribution in [1.82, 2.24) is 9.55 Å². The fourth-order valence-corrected chi connectivity index (χ4v) is 2.63. The lowest BCUT2D eigenvalue weighted by atomic mass is 10.1. The third-order valence-electron chi connectivity index (χ3n) is 3.54. The van der Waals surface area contributed by atoms with Gasteiger partial charge in [-0.3, -0.25) is 0 Å². The largest absolute Gasteiger partial charge is 0.383 e. The highest BCUT2D eigenvalue weighted by atomic mass is 35.5. The highest BCUT2D eigenvalue weighted by molar-refractivity contribution is 6.17. The Balaban J connectivity index is 2.10. The summed E-state index contributed by atoms with van der Waals surface area (Å²) in [6.07, 6.45) is 0. The van der Waals surface area contributed by atoms with Crippen LogP contribution in [0.4, 0.5) is 0 Å². The Morgan fingerprint density at radius 1 is 1.10 bits per heavy atom. The summed E-state index contributed by atoms with van der Waals surface area (Å²) < 4.78 is 7.43. The summed E-state index contributed by atoms with van der Waals surface area (Å²) in [6, 6.07) is 16.4. The van der Waals surface area contributed by atoms with Gasteiger partial charge in [0.15, 0.2) is 0 Å². The van der Waals surface area contributed by atoms with E-state index in [2.05, 4.69) is 22.8 Å². The van der Waals surface area contributed by atoms with Crippen LogP contribution in [0.2, 0.25) is 0 Å². The van der Waals surface area contributed by atoms with Crippen LogP contribution >= 0.6 is 11.6 Å². The summed E-state index contributed by atoms with van der Waals surface area (Å²) in [5.41, 5.74) is 4.34. The number of fused-ring (bicyclic) bond motifs is 1. The average molecular weight is 301 g/mol. The second kappa shape index (κ2) is 6.29. The molecule has 1 heterocycles. The summed E-state index contributed by atoms with van der Waals surface area (Å²) in [5, 5.41) is 0. The first-order chi connectivity index (χ1) is 10.3. The maximum Gasteiger partial charge on any atom is 0.141 e. The zero-order valence-electron chi connectivity index (χ0n) is 11.9. The number of nitrogens with zero attached hydrogens (tertiary/aromatic N) is 2. The van der Waals surface area contributed by atoms with Gasteiger partial charge in [0.25, 0.3) is 0 Å². The van der Waals surface area contributed by atoms with Crippen molar-refractivity contribution in [2.75, 3.05) is 13.7 Å². The van der Waals surface area contributed by atoms with Gasteiger partial charge < -0.3 is 9.30 Å². The molecule has 0 saturated carbocycles. The van der Waals surface area contributed by atoms with E-state index in [4.69, 9.17) is 21.3 Å². The lowest BCUT2D eigenvalue weighted by Crippen LogP contribution is -2.05. The van der Waals surface area contributed by atoms with E-state index in [1.165, 1.54) is 0 Å². The maximum atomic E-state index is 5.85. The van der Waals surface area contributed by atoms with Crippen molar-refractivity contribution in [3.63, 3.8) is 0 Å². The fraction of sp³-hybridized carbons (Fsp3) is 0.235. The van der Waals surface area contributed by atoms with Crippen LogP contribution in [0.25, 0.3) is 22.4 Å². The van der Waals surface area contributed by atoms with Gasteiger partial charge in [-0.15, -0.1) is 11.6 Å². The van der Waals surface area contributed by atoms with E-state index in [0.717, 1.165) is 34.5 Å². The first-order valence-electron chi connectivity index (χ1n) is 6.93. The van der Waals surface area contributed by atoms with Gasteiger partial charge in [0.05, 0.1) is 17.6 Å². The van der Waals surface area contributed by atoms with Crippen LogP contribution in [0.1, 0.15) is 5.56 Å². The first-order valence-corrected chi connectivity index (χ1v) is 7.46. The average Bonchev–Trinajstić information content (AvgIpc) is 2.91. The summed E-state index contributed by atoms with van der Waals surface area (Å²) in [7, 11) is 1.72. The van der Waals surface area contributed by atoms with Gasteiger partial charge in [-0.25, -0.2) is 4.98 Å². The van der Waals surface area contributed by atoms with Gasteiger partial charge in [-0.05, 0) is 17.7 Å². The molecule has 2 aromatic carbocycles. The number of hydrogen-bond donors (Lipinski definition) is 0. The highest BCUT2D eigenvalue weighted by Crippen LogP contribution is 2.25. The molecule has 0 aliphatic carbocycles. The van der Waals surface area contributed by atoms with Gasteiger partial charge in [0.2, 0.25) is 0 Å². The Hall–Kier alpha value is -1.84. The van der Waals surface area contributed by atoms with Crippen LogP contribution in [0.5, 0.6) is 0 Å². The number of benzene rings is 2. The molecule has 108 valence electrons. The molecule has 0 aliphatic heterocycles. The molecule has 3 rings (SSSR count). The van der Waals surface area contributed by atoms with Crippen LogP contribution in [0.3, 0.4) is 0 Å². The van der Waals surface area contributed by atoms with Crippen molar-refractivity contribution >= 4 is 22.6 Å². The minimum absolute atomic E-state index is 0.528. The molecule has 1 aromatic heterocycles. The number of para-hydroxylation sites is 2. The number of hydrogen-bond acceptors (Lipinski definition) is 2. The van der Waals surface area contributed by atoms with Crippen LogP contribution < -0.4 is 0 Å². The quantitative estimate of drug-likeness (QED) is 0.664. The maximum absolute atomic E-state index is 5.85. The number of rotatable bonds is 5. The van der Waals surface area contributed by atoms with Crippen LogP contribution in [0.15, 0.2) is 48.5 Å². The molecule has 3 aromatic rings. The van der Waals surface area contributed by atoms with Crippen LogP contribution in [0, 0.1) is 0 Å². The molecule has 0 unspecified atom stereocenters. The topological polar surface area (TPSA) is 27.1 Å². The molecule has 0 amide bonds. The molecule has 0 radical (unpaired) electrons. The van der Waals surface area contributed by atoms with Crippen molar-refractivity contribution in [2.45, 2.75) is 12.4 Å². The van der Waals surface area contributed by atoms with Crippen LogP contribution in [-0.2, 0) is 17.2 Å². The number of methoxy groups -OCH3 is 1. The van der Waals surface area contributed by atoms with Gasteiger partial charge in [0, 0.05) is 25.1 Å². The van der Waals surface area contributed by atoms with Crippen molar-refractivity contribution in [2.24, 2.45) is 0 Å². The van der Waals surface area contributed by atoms with E-state index in [1.807, 2.05) is 30.3 Å². The zero-order valence-corrected chi connectivity index (χ0v) is 12.7. The number of halogens is 1. The Morgan fingerprint density at radius 2 is 1.86 bits per heavy atom. The predicted molar refractivity (Wildman–Crippen MR) is 86.6 cm³/mol. The summed E-state index contributed by atoms with van der Waals surface area (Å²) in [4.78, 5) is 4.77. The van der Waals surface area contributed by atoms with Crippen molar-refractivity contribution in [3.8, 4) is 11.4 Å². The Labute approximate surface area is 129 Å². The number of imidazole rings is 1. The van der Waals surface area contributed by atoms with E-state index in [0.29, 0.717) is 12.5 Å². The van der Waals surface area contributed by atoms with Gasteiger partial charge in [-0.1, -0.05) is 36.4 Å². The van der Waals surface area contributed by atoms with E-state index in [-0.39, 0.29) is 0 Å².